The van der Waals surface area contributed by atoms with Crippen LogP contribution in [-0.4, -0.2) is 51.4 Å². The van der Waals surface area contributed by atoms with Crippen molar-refractivity contribution in [2.75, 3.05) is 6.54 Å². The Balaban J connectivity index is 5.02. The molecule has 11 heteroatoms. The molecule has 0 rings (SSSR count). The quantitative estimate of drug-likeness (QED) is 0.227. The van der Waals surface area contributed by atoms with Gasteiger partial charge in [-0.05, 0) is 31.7 Å². The zero-order chi connectivity index (χ0) is 19.6. The molecule has 0 saturated carbocycles. The fourth-order valence-electron chi connectivity index (χ4n) is 2.03. The normalized spacial score (nSPS) is 16.0. The number of hydrogen-bond donors (Lipinski definition) is 5. The Morgan fingerprint density at radius 3 is 2.20 bits per heavy atom. The monoisotopic (exact) mass is 382 g/mol. The van der Waals surface area contributed by atoms with Gasteiger partial charge in [-0.3, -0.25) is 18.7 Å². The standard InChI is InChI=1S/C14H27N2O8P/c1-9(2)13(16-11(17)6-7-12(18)19)25(22,23)24-10(14(20)21)5-3-4-8-15/h9-10,13H,3-8,15H2,1-2H3,(H,16,17)(H,18,19)(H,20,21)(H,22,23). The lowest BCUT2D eigenvalue weighted by Gasteiger charge is -2.28. The van der Waals surface area contributed by atoms with Crippen LogP contribution in [0.3, 0.4) is 0 Å². The summed E-state index contributed by atoms with van der Waals surface area (Å²) < 4.78 is 17.4. The highest BCUT2D eigenvalue weighted by molar-refractivity contribution is 7.53. The summed E-state index contributed by atoms with van der Waals surface area (Å²) in [5, 5.41) is 20.0. The van der Waals surface area contributed by atoms with Gasteiger partial charge >= 0.3 is 19.5 Å². The van der Waals surface area contributed by atoms with E-state index in [1.54, 1.807) is 13.8 Å². The highest BCUT2D eigenvalue weighted by Crippen LogP contribution is 2.50. The van der Waals surface area contributed by atoms with E-state index in [0.29, 0.717) is 19.4 Å². The molecule has 25 heavy (non-hydrogen) atoms. The molecule has 10 nitrogen and oxygen atoms in total. The average molecular weight is 382 g/mol. The topological polar surface area (TPSA) is 176 Å². The Morgan fingerprint density at radius 2 is 1.76 bits per heavy atom. The molecule has 0 aliphatic carbocycles. The van der Waals surface area contributed by atoms with E-state index in [0.717, 1.165) is 0 Å². The molecule has 146 valence electrons. The smallest absolute Gasteiger partial charge is 0.351 e. The number of nitrogens with one attached hydrogen (secondary N) is 1. The van der Waals surface area contributed by atoms with Crippen molar-refractivity contribution >= 4 is 25.4 Å². The SMILES string of the molecule is CC(C)C(NC(=O)CCC(=O)O)P(=O)(O)OC(CCCCN)C(=O)O. The Hall–Kier alpha value is -1.48. The highest BCUT2D eigenvalue weighted by atomic mass is 31.2. The van der Waals surface area contributed by atoms with Crippen molar-refractivity contribution in [2.24, 2.45) is 11.7 Å². The van der Waals surface area contributed by atoms with Crippen molar-refractivity contribution in [3.8, 4) is 0 Å². The Kier molecular flexibility index (Phi) is 10.5. The van der Waals surface area contributed by atoms with Crippen molar-refractivity contribution in [3.05, 3.63) is 0 Å². The Morgan fingerprint density at radius 1 is 1.16 bits per heavy atom. The van der Waals surface area contributed by atoms with Gasteiger partial charge in [0.1, 0.15) is 5.78 Å². The van der Waals surface area contributed by atoms with Gasteiger partial charge in [0.05, 0.1) is 6.42 Å². The van der Waals surface area contributed by atoms with E-state index in [4.69, 9.17) is 20.5 Å². The second-order valence-electron chi connectivity index (χ2n) is 5.93. The van der Waals surface area contributed by atoms with E-state index < -0.39 is 49.7 Å². The fourth-order valence-corrected chi connectivity index (χ4v) is 3.78. The largest absolute Gasteiger partial charge is 0.481 e. The summed E-state index contributed by atoms with van der Waals surface area (Å²) in [6, 6.07) is 0. The molecule has 0 radical (unpaired) electrons. The van der Waals surface area contributed by atoms with E-state index in [9.17, 15) is 23.8 Å². The number of nitrogens with two attached hydrogens (primary N) is 1. The van der Waals surface area contributed by atoms with Gasteiger partial charge in [-0.2, -0.15) is 0 Å². The van der Waals surface area contributed by atoms with Crippen LogP contribution in [0.15, 0.2) is 0 Å². The fraction of sp³-hybridized carbons (Fsp3) is 0.786. The number of hydrogen-bond acceptors (Lipinski definition) is 6. The van der Waals surface area contributed by atoms with Crippen LogP contribution < -0.4 is 11.1 Å². The van der Waals surface area contributed by atoms with Gasteiger partial charge in [-0.15, -0.1) is 0 Å². The number of aliphatic carboxylic acids is 2. The summed E-state index contributed by atoms with van der Waals surface area (Å²) >= 11 is 0. The molecule has 0 aromatic carbocycles. The van der Waals surface area contributed by atoms with Gasteiger partial charge in [-0.1, -0.05) is 13.8 Å². The first-order valence-corrected chi connectivity index (χ1v) is 9.60. The molecule has 0 fully saturated rings. The summed E-state index contributed by atoms with van der Waals surface area (Å²) in [6.07, 6.45) is -1.33. The lowest BCUT2D eigenvalue weighted by molar-refractivity contribution is -0.146. The molecule has 0 heterocycles. The molecule has 6 N–H and O–H groups in total. The van der Waals surface area contributed by atoms with Crippen molar-refractivity contribution in [1.29, 1.82) is 0 Å². The number of carboxylic acid groups (broad SMARTS) is 2. The molecular weight excluding hydrogens is 355 g/mol. The minimum Gasteiger partial charge on any atom is -0.481 e. The van der Waals surface area contributed by atoms with Crippen LogP contribution >= 0.6 is 7.60 Å². The molecule has 3 unspecified atom stereocenters. The zero-order valence-corrected chi connectivity index (χ0v) is 15.3. The second-order valence-corrected chi connectivity index (χ2v) is 7.83. The first-order valence-electron chi connectivity index (χ1n) is 7.96. The molecule has 0 aliphatic rings. The van der Waals surface area contributed by atoms with Crippen LogP contribution in [0.1, 0.15) is 46.0 Å². The first kappa shape index (κ1) is 23.5. The number of carbonyl (C=O) groups is 3. The zero-order valence-electron chi connectivity index (χ0n) is 14.4. The summed E-state index contributed by atoms with van der Waals surface area (Å²) in [5.41, 5.74) is 5.33. The number of rotatable bonds is 13. The third-order valence-corrected chi connectivity index (χ3v) is 5.32. The lowest BCUT2D eigenvalue weighted by Crippen LogP contribution is -2.40. The van der Waals surface area contributed by atoms with Gasteiger partial charge in [0.15, 0.2) is 6.10 Å². The van der Waals surface area contributed by atoms with Crippen molar-refractivity contribution < 1.29 is 38.6 Å². The van der Waals surface area contributed by atoms with Gasteiger partial charge in [0, 0.05) is 6.42 Å². The molecule has 0 aliphatic heterocycles. The maximum absolute atomic E-state index is 12.5. The number of unbranched alkanes of at least 4 members (excludes halogenated alkanes) is 1. The van der Waals surface area contributed by atoms with Crippen molar-refractivity contribution in [3.63, 3.8) is 0 Å². The molecule has 0 spiro atoms. The van der Waals surface area contributed by atoms with Crippen LogP contribution in [0.5, 0.6) is 0 Å². The van der Waals surface area contributed by atoms with Gasteiger partial charge in [-0.25, -0.2) is 4.79 Å². The van der Waals surface area contributed by atoms with Crippen LogP contribution in [0.2, 0.25) is 0 Å². The number of carbonyl (C=O) groups excluding carboxylic acids is 1. The summed E-state index contributed by atoms with van der Waals surface area (Å²) in [5.74, 6) is -5.17. The molecule has 1 amide bonds. The maximum Gasteiger partial charge on any atom is 0.351 e. The summed E-state index contributed by atoms with van der Waals surface area (Å²) in [6.45, 7) is 3.47. The predicted molar refractivity (Wildman–Crippen MR) is 88.9 cm³/mol. The van der Waals surface area contributed by atoms with Crippen molar-refractivity contribution in [2.45, 2.75) is 57.8 Å². The third kappa shape index (κ3) is 9.54. The van der Waals surface area contributed by atoms with Crippen molar-refractivity contribution in [1.82, 2.24) is 5.32 Å². The predicted octanol–water partition coefficient (Wildman–Crippen LogP) is 0.734. The van der Waals surface area contributed by atoms with E-state index >= 15 is 0 Å². The van der Waals surface area contributed by atoms with Gasteiger partial charge < -0.3 is 26.2 Å². The number of carboxylic acids is 2. The maximum atomic E-state index is 12.5. The minimum absolute atomic E-state index is 0.00879. The Bertz CT molecular complexity index is 511. The summed E-state index contributed by atoms with van der Waals surface area (Å²) in [4.78, 5) is 43.6. The molecule has 3 atom stereocenters. The number of amides is 1. The van der Waals surface area contributed by atoms with E-state index in [2.05, 4.69) is 5.32 Å². The highest BCUT2D eigenvalue weighted by Gasteiger charge is 2.40. The molecular formula is C14H27N2O8P. The van der Waals surface area contributed by atoms with Gasteiger partial charge in [0.25, 0.3) is 0 Å². The molecule has 0 saturated heterocycles. The third-order valence-electron chi connectivity index (χ3n) is 3.33. The lowest BCUT2D eigenvalue weighted by atomic mass is 10.1. The van der Waals surface area contributed by atoms with Gasteiger partial charge in [0.2, 0.25) is 5.91 Å². The summed E-state index contributed by atoms with van der Waals surface area (Å²) in [7, 11) is -4.51. The van der Waals surface area contributed by atoms with E-state index in [-0.39, 0.29) is 12.8 Å². The average Bonchev–Trinajstić information content (AvgIpc) is 2.49. The molecule has 0 aromatic rings. The van der Waals surface area contributed by atoms with E-state index in [1.807, 2.05) is 0 Å². The van der Waals surface area contributed by atoms with E-state index in [1.165, 1.54) is 0 Å². The van der Waals surface area contributed by atoms with Crippen LogP contribution in [0.4, 0.5) is 0 Å². The van der Waals surface area contributed by atoms with Crippen LogP contribution in [-0.2, 0) is 23.5 Å². The molecule has 0 bridgehead atoms. The first-order chi connectivity index (χ1) is 11.5. The Labute approximate surface area is 146 Å². The minimum atomic E-state index is -4.51. The van der Waals surface area contributed by atoms with Crippen LogP contribution in [0.25, 0.3) is 0 Å². The van der Waals surface area contributed by atoms with Crippen LogP contribution in [0, 0.1) is 5.92 Å². The second kappa shape index (κ2) is 11.2. The molecule has 0 aromatic heterocycles.